The largest absolute Gasteiger partial charge is 0.344 e. The van der Waals surface area contributed by atoms with E-state index in [9.17, 15) is 0 Å². The normalized spacial score (nSPS) is 10.5. The number of hydrogen-bond donors (Lipinski definition) is 1. The Hall–Kier alpha value is -1.51. The summed E-state index contributed by atoms with van der Waals surface area (Å²) in [5, 5.41) is 0.721. The van der Waals surface area contributed by atoms with Crippen LogP contribution in [0.4, 0.5) is 11.4 Å². The van der Waals surface area contributed by atoms with Crippen molar-refractivity contribution in [3.8, 4) is 0 Å². The van der Waals surface area contributed by atoms with E-state index in [0.717, 1.165) is 28.4 Å². The number of aryl methyl sites for hydroxylation is 1. The van der Waals surface area contributed by atoms with Crippen LogP contribution in [-0.4, -0.2) is 7.05 Å². The van der Waals surface area contributed by atoms with Crippen LogP contribution in [0.3, 0.4) is 0 Å². The molecule has 0 unspecified atom stereocenters. The summed E-state index contributed by atoms with van der Waals surface area (Å²) in [6.07, 6.45) is 1.05. The first-order valence-corrected chi connectivity index (χ1v) is 6.84. The second kappa shape index (κ2) is 6.09. The van der Waals surface area contributed by atoms with E-state index in [1.54, 1.807) is 0 Å². The number of hydrogen-bond acceptors (Lipinski definition) is 2. The molecule has 0 aliphatic rings. The molecule has 0 spiro atoms. The van der Waals surface area contributed by atoms with Crippen molar-refractivity contribution in [1.29, 1.82) is 0 Å². The van der Waals surface area contributed by atoms with E-state index in [2.05, 4.69) is 36.1 Å². The fourth-order valence-electron chi connectivity index (χ4n) is 2.14. The predicted octanol–water partition coefficient (Wildman–Crippen LogP) is 4.13. The molecule has 0 radical (unpaired) electrons. The van der Waals surface area contributed by atoms with Gasteiger partial charge in [-0.15, -0.1) is 0 Å². The van der Waals surface area contributed by atoms with Crippen molar-refractivity contribution in [3.63, 3.8) is 0 Å². The zero-order valence-electron chi connectivity index (χ0n) is 11.4. The Bertz CT molecular complexity index is 549. The highest BCUT2D eigenvalue weighted by Crippen LogP contribution is 2.29. The number of rotatable bonds is 4. The maximum atomic E-state index is 6.01. The molecule has 3 heteroatoms. The second-order valence-electron chi connectivity index (χ2n) is 4.56. The average molecular weight is 275 g/mol. The first kappa shape index (κ1) is 13.9. The summed E-state index contributed by atoms with van der Waals surface area (Å²) < 4.78 is 0. The SMILES string of the molecule is CCc1ccc(N(C)c2ccc(Cl)cc2CN)cc1. The fraction of sp³-hybridized carbons (Fsp3) is 0.250. The summed E-state index contributed by atoms with van der Waals surface area (Å²) in [5.41, 5.74) is 10.4. The van der Waals surface area contributed by atoms with E-state index in [0.29, 0.717) is 6.54 Å². The van der Waals surface area contributed by atoms with Crippen molar-refractivity contribution >= 4 is 23.0 Å². The van der Waals surface area contributed by atoms with E-state index < -0.39 is 0 Å². The first-order chi connectivity index (χ1) is 9.15. The molecule has 0 amide bonds. The van der Waals surface area contributed by atoms with Gasteiger partial charge >= 0.3 is 0 Å². The Morgan fingerprint density at radius 1 is 1.11 bits per heavy atom. The Labute approximate surface area is 119 Å². The van der Waals surface area contributed by atoms with Crippen LogP contribution in [0.15, 0.2) is 42.5 Å². The van der Waals surface area contributed by atoms with E-state index >= 15 is 0 Å². The topological polar surface area (TPSA) is 29.3 Å². The summed E-state index contributed by atoms with van der Waals surface area (Å²) in [5.74, 6) is 0. The molecule has 2 N–H and O–H groups in total. The Morgan fingerprint density at radius 3 is 2.37 bits per heavy atom. The summed E-state index contributed by atoms with van der Waals surface area (Å²) in [7, 11) is 2.04. The molecule has 0 fully saturated rings. The van der Waals surface area contributed by atoms with Gasteiger partial charge in [-0.1, -0.05) is 30.7 Å². The molecule has 2 nitrogen and oxygen atoms in total. The van der Waals surface area contributed by atoms with Gasteiger partial charge in [0.1, 0.15) is 0 Å². The quantitative estimate of drug-likeness (QED) is 0.908. The van der Waals surface area contributed by atoms with Gasteiger partial charge in [-0.25, -0.2) is 0 Å². The smallest absolute Gasteiger partial charge is 0.0454 e. The molecule has 0 aliphatic heterocycles. The summed E-state index contributed by atoms with van der Waals surface area (Å²) >= 11 is 6.01. The van der Waals surface area contributed by atoms with Gasteiger partial charge in [0, 0.05) is 30.0 Å². The molecule has 2 aromatic rings. The highest BCUT2D eigenvalue weighted by Gasteiger charge is 2.09. The third-order valence-corrected chi connectivity index (χ3v) is 3.59. The van der Waals surface area contributed by atoms with Gasteiger partial charge in [0.15, 0.2) is 0 Å². The lowest BCUT2D eigenvalue weighted by Crippen LogP contribution is -2.13. The molecule has 2 rings (SSSR count). The lowest BCUT2D eigenvalue weighted by atomic mass is 10.1. The van der Waals surface area contributed by atoms with Gasteiger partial charge in [-0.3, -0.25) is 0 Å². The van der Waals surface area contributed by atoms with Gasteiger partial charge in [0.05, 0.1) is 0 Å². The molecular weight excluding hydrogens is 256 g/mol. The monoisotopic (exact) mass is 274 g/mol. The van der Waals surface area contributed by atoms with Crippen LogP contribution in [0.25, 0.3) is 0 Å². The van der Waals surface area contributed by atoms with Crippen molar-refractivity contribution in [2.45, 2.75) is 19.9 Å². The van der Waals surface area contributed by atoms with Crippen LogP contribution < -0.4 is 10.6 Å². The zero-order chi connectivity index (χ0) is 13.8. The molecule has 0 atom stereocenters. The van der Waals surface area contributed by atoms with E-state index in [1.165, 1.54) is 5.56 Å². The first-order valence-electron chi connectivity index (χ1n) is 6.47. The summed E-state index contributed by atoms with van der Waals surface area (Å²) in [6, 6.07) is 14.4. The summed E-state index contributed by atoms with van der Waals surface area (Å²) in [6.45, 7) is 2.64. The third-order valence-electron chi connectivity index (χ3n) is 3.35. The van der Waals surface area contributed by atoms with Crippen molar-refractivity contribution in [2.75, 3.05) is 11.9 Å². The van der Waals surface area contributed by atoms with E-state index in [-0.39, 0.29) is 0 Å². The molecule has 0 aromatic heterocycles. The minimum atomic E-state index is 0.479. The number of nitrogens with two attached hydrogens (primary N) is 1. The van der Waals surface area contributed by atoms with Crippen LogP contribution >= 0.6 is 11.6 Å². The number of halogens is 1. The van der Waals surface area contributed by atoms with Crippen LogP contribution in [-0.2, 0) is 13.0 Å². The standard InChI is InChI=1S/C16H19ClN2/c1-3-12-4-7-15(8-5-12)19(2)16-9-6-14(17)10-13(16)11-18/h4-10H,3,11,18H2,1-2H3. The number of benzene rings is 2. The number of nitrogens with zero attached hydrogens (tertiary/aromatic N) is 1. The van der Waals surface area contributed by atoms with Crippen molar-refractivity contribution < 1.29 is 0 Å². The molecular formula is C16H19ClN2. The zero-order valence-corrected chi connectivity index (χ0v) is 12.1. The highest BCUT2D eigenvalue weighted by molar-refractivity contribution is 6.30. The van der Waals surface area contributed by atoms with Crippen molar-refractivity contribution in [2.24, 2.45) is 5.73 Å². The second-order valence-corrected chi connectivity index (χ2v) is 4.99. The van der Waals surface area contributed by atoms with Crippen LogP contribution in [0.1, 0.15) is 18.1 Å². The molecule has 0 saturated heterocycles. The summed E-state index contributed by atoms with van der Waals surface area (Å²) in [4.78, 5) is 2.14. The Morgan fingerprint density at radius 2 is 1.79 bits per heavy atom. The fourth-order valence-corrected chi connectivity index (χ4v) is 2.33. The minimum Gasteiger partial charge on any atom is -0.344 e. The highest BCUT2D eigenvalue weighted by atomic mass is 35.5. The van der Waals surface area contributed by atoms with Gasteiger partial charge < -0.3 is 10.6 Å². The maximum Gasteiger partial charge on any atom is 0.0454 e. The number of anilines is 2. The minimum absolute atomic E-state index is 0.479. The molecule has 0 heterocycles. The van der Waals surface area contributed by atoms with E-state index in [1.807, 2.05) is 25.2 Å². The van der Waals surface area contributed by atoms with Crippen molar-refractivity contribution in [1.82, 2.24) is 0 Å². The lowest BCUT2D eigenvalue weighted by molar-refractivity contribution is 1.04. The lowest BCUT2D eigenvalue weighted by Gasteiger charge is -2.22. The molecule has 0 aliphatic carbocycles. The molecule has 0 saturated carbocycles. The van der Waals surface area contributed by atoms with Gasteiger partial charge in [0.2, 0.25) is 0 Å². The van der Waals surface area contributed by atoms with Crippen LogP contribution in [0.5, 0.6) is 0 Å². The molecule has 0 bridgehead atoms. The maximum absolute atomic E-state index is 6.01. The van der Waals surface area contributed by atoms with Crippen LogP contribution in [0, 0.1) is 0 Å². The molecule has 19 heavy (non-hydrogen) atoms. The predicted molar refractivity (Wildman–Crippen MR) is 83.2 cm³/mol. The van der Waals surface area contributed by atoms with Gasteiger partial charge in [-0.2, -0.15) is 0 Å². The molecule has 2 aromatic carbocycles. The Balaban J connectivity index is 2.34. The van der Waals surface area contributed by atoms with Crippen molar-refractivity contribution in [3.05, 3.63) is 58.6 Å². The third kappa shape index (κ3) is 3.09. The van der Waals surface area contributed by atoms with E-state index in [4.69, 9.17) is 17.3 Å². The van der Waals surface area contributed by atoms with Gasteiger partial charge in [0.25, 0.3) is 0 Å². The Kier molecular flexibility index (Phi) is 4.46. The van der Waals surface area contributed by atoms with Gasteiger partial charge in [-0.05, 0) is 47.9 Å². The molecule has 100 valence electrons. The average Bonchev–Trinajstić information content (AvgIpc) is 2.46. The van der Waals surface area contributed by atoms with Crippen LogP contribution in [0.2, 0.25) is 5.02 Å².